The summed E-state index contributed by atoms with van der Waals surface area (Å²) >= 11 is 0. The summed E-state index contributed by atoms with van der Waals surface area (Å²) in [7, 11) is 0. The minimum atomic E-state index is -0.167. The molecule has 1 aliphatic rings. The van der Waals surface area contributed by atoms with Gasteiger partial charge in [0.1, 0.15) is 17.5 Å². The molecule has 0 spiro atoms. The van der Waals surface area contributed by atoms with E-state index >= 15 is 0 Å². The van der Waals surface area contributed by atoms with Gasteiger partial charge in [0.15, 0.2) is 11.5 Å². The fourth-order valence-corrected chi connectivity index (χ4v) is 5.46. The molecule has 4 N–H and O–H groups in total. The first kappa shape index (κ1) is 25.6. The second-order valence-electron chi connectivity index (χ2n) is 9.83. The van der Waals surface area contributed by atoms with Crippen LogP contribution in [0.4, 0.5) is 5.82 Å². The number of piperazine rings is 1. The topological polar surface area (TPSA) is 150 Å². The standard InChI is InChI=1S/C28H31N11O/c29-15-23(40)36-11-13-37(14-12-36)25(20-7-3-1-4-8-20)26(21-9-5-2-6-10-21)39-17-22(34-35-39)16-38-19-33-24-27(30)31-18-32-28(24)38/h1-10,17-19,25-26H,11-16,29H2,(H2,30,31,32)/t25-,26?/m0/s1. The number of fused-ring (bicyclic) bond motifs is 1. The zero-order valence-electron chi connectivity index (χ0n) is 22.0. The maximum Gasteiger partial charge on any atom is 0.236 e. The van der Waals surface area contributed by atoms with Crippen LogP contribution in [0.3, 0.4) is 0 Å². The molecule has 2 aromatic carbocycles. The number of hydrogen-bond acceptors (Lipinski definition) is 9. The average molecular weight is 538 g/mol. The van der Waals surface area contributed by atoms with Gasteiger partial charge in [-0.25, -0.2) is 19.6 Å². The number of nitrogens with two attached hydrogens (primary N) is 2. The number of carbonyl (C=O) groups excluding carboxylic acids is 1. The van der Waals surface area contributed by atoms with Gasteiger partial charge in [0.25, 0.3) is 0 Å². The van der Waals surface area contributed by atoms with Gasteiger partial charge in [0.2, 0.25) is 5.91 Å². The second kappa shape index (κ2) is 11.2. The number of benzene rings is 2. The van der Waals surface area contributed by atoms with Crippen molar-refractivity contribution in [3.8, 4) is 0 Å². The van der Waals surface area contributed by atoms with E-state index in [0.717, 1.165) is 24.3 Å². The third-order valence-electron chi connectivity index (χ3n) is 7.42. The molecule has 6 rings (SSSR count). The van der Waals surface area contributed by atoms with Crippen LogP contribution in [-0.4, -0.2) is 82.9 Å². The van der Waals surface area contributed by atoms with Crippen LogP contribution in [-0.2, 0) is 11.3 Å². The summed E-state index contributed by atoms with van der Waals surface area (Å²) in [6.07, 6.45) is 5.11. The first-order valence-corrected chi connectivity index (χ1v) is 13.3. The van der Waals surface area contributed by atoms with Gasteiger partial charge >= 0.3 is 0 Å². The molecule has 1 amide bonds. The van der Waals surface area contributed by atoms with Crippen LogP contribution in [0.15, 0.2) is 79.5 Å². The molecule has 1 fully saturated rings. The molecule has 5 aromatic rings. The summed E-state index contributed by atoms with van der Waals surface area (Å²) in [5, 5.41) is 9.18. The fourth-order valence-electron chi connectivity index (χ4n) is 5.46. The highest BCUT2D eigenvalue weighted by Crippen LogP contribution is 2.37. The molecule has 1 aliphatic heterocycles. The van der Waals surface area contributed by atoms with E-state index < -0.39 is 0 Å². The number of imidazole rings is 1. The maximum absolute atomic E-state index is 12.3. The van der Waals surface area contributed by atoms with Gasteiger partial charge < -0.3 is 20.9 Å². The number of nitrogen functional groups attached to an aromatic ring is 1. The van der Waals surface area contributed by atoms with E-state index in [4.69, 9.17) is 11.5 Å². The van der Waals surface area contributed by atoms with Crippen LogP contribution < -0.4 is 11.5 Å². The molecular weight excluding hydrogens is 506 g/mol. The Kier molecular flexibility index (Phi) is 7.17. The minimum absolute atomic E-state index is 0.0181. The highest BCUT2D eigenvalue weighted by molar-refractivity contribution is 5.81. The van der Waals surface area contributed by atoms with Crippen LogP contribution in [0.5, 0.6) is 0 Å². The largest absolute Gasteiger partial charge is 0.382 e. The van der Waals surface area contributed by atoms with E-state index in [1.807, 2.05) is 44.6 Å². The zero-order valence-corrected chi connectivity index (χ0v) is 22.0. The molecule has 3 aromatic heterocycles. The van der Waals surface area contributed by atoms with Crippen molar-refractivity contribution in [3.63, 3.8) is 0 Å². The van der Waals surface area contributed by atoms with E-state index in [2.05, 4.69) is 66.6 Å². The Labute approximate surface area is 231 Å². The third-order valence-corrected chi connectivity index (χ3v) is 7.42. The first-order valence-electron chi connectivity index (χ1n) is 13.3. The van der Waals surface area contributed by atoms with Crippen LogP contribution in [0, 0.1) is 0 Å². The molecule has 0 saturated carbocycles. The molecule has 0 radical (unpaired) electrons. The Balaban J connectivity index is 1.36. The summed E-state index contributed by atoms with van der Waals surface area (Å²) in [5.41, 5.74) is 15.9. The predicted molar refractivity (Wildman–Crippen MR) is 150 cm³/mol. The number of nitrogens with zero attached hydrogens (tertiary/aromatic N) is 9. The lowest BCUT2D eigenvalue weighted by Gasteiger charge is -2.42. The fraction of sp³-hybridized carbons (Fsp3) is 0.286. The average Bonchev–Trinajstić information content (AvgIpc) is 3.64. The number of anilines is 1. The van der Waals surface area contributed by atoms with E-state index in [9.17, 15) is 4.79 Å². The third kappa shape index (κ3) is 5.01. The van der Waals surface area contributed by atoms with Crippen molar-refractivity contribution in [2.45, 2.75) is 18.6 Å². The smallest absolute Gasteiger partial charge is 0.236 e. The molecule has 12 nitrogen and oxygen atoms in total. The predicted octanol–water partition coefficient (Wildman–Crippen LogP) is 1.48. The lowest BCUT2D eigenvalue weighted by atomic mass is 9.91. The Morgan fingerprint density at radius 3 is 2.23 bits per heavy atom. The quantitative estimate of drug-likeness (QED) is 0.300. The van der Waals surface area contributed by atoms with Crippen LogP contribution in [0.25, 0.3) is 11.2 Å². The Hall–Kier alpha value is -4.68. The molecule has 12 heteroatoms. The SMILES string of the molecule is NCC(=O)N1CCN([C@@H](c2ccccc2)C(c2ccccc2)n2cc(Cn3cnc4c(N)ncnc43)nn2)CC1. The van der Waals surface area contributed by atoms with Gasteiger partial charge in [-0.05, 0) is 11.1 Å². The first-order chi connectivity index (χ1) is 19.6. The molecule has 0 bridgehead atoms. The molecule has 204 valence electrons. The normalized spacial score (nSPS) is 15.8. The van der Waals surface area contributed by atoms with Crippen molar-refractivity contribution < 1.29 is 4.79 Å². The van der Waals surface area contributed by atoms with E-state index in [-0.39, 0.29) is 24.5 Å². The van der Waals surface area contributed by atoms with Gasteiger partial charge in [0.05, 0.1) is 37.7 Å². The van der Waals surface area contributed by atoms with Gasteiger partial charge in [-0.15, -0.1) is 5.10 Å². The highest BCUT2D eigenvalue weighted by Gasteiger charge is 2.35. The van der Waals surface area contributed by atoms with Crippen LogP contribution >= 0.6 is 0 Å². The number of carbonyl (C=O) groups is 1. The molecule has 40 heavy (non-hydrogen) atoms. The van der Waals surface area contributed by atoms with E-state index in [1.54, 1.807) is 6.33 Å². The van der Waals surface area contributed by atoms with E-state index in [1.165, 1.54) is 11.9 Å². The summed E-state index contributed by atoms with van der Waals surface area (Å²) in [4.78, 5) is 29.3. The molecule has 1 unspecified atom stereocenters. The maximum atomic E-state index is 12.3. The molecule has 2 atom stereocenters. The second-order valence-corrected chi connectivity index (χ2v) is 9.83. The van der Waals surface area contributed by atoms with Crippen LogP contribution in [0.2, 0.25) is 0 Å². The Morgan fingerprint density at radius 1 is 0.875 bits per heavy atom. The van der Waals surface area contributed by atoms with Crippen molar-refractivity contribution in [1.82, 2.24) is 44.3 Å². The van der Waals surface area contributed by atoms with Crippen molar-refractivity contribution >= 4 is 22.9 Å². The lowest BCUT2D eigenvalue weighted by molar-refractivity contribution is -0.131. The highest BCUT2D eigenvalue weighted by atomic mass is 16.2. The lowest BCUT2D eigenvalue weighted by Crippen LogP contribution is -2.52. The van der Waals surface area contributed by atoms with Crippen molar-refractivity contribution in [2.75, 3.05) is 38.5 Å². The monoisotopic (exact) mass is 537 g/mol. The Bertz CT molecular complexity index is 1580. The van der Waals surface area contributed by atoms with Crippen molar-refractivity contribution in [3.05, 3.63) is 96.3 Å². The molecule has 0 aliphatic carbocycles. The number of hydrogen-bond donors (Lipinski definition) is 2. The van der Waals surface area contributed by atoms with Crippen molar-refractivity contribution in [1.29, 1.82) is 0 Å². The van der Waals surface area contributed by atoms with Crippen molar-refractivity contribution in [2.24, 2.45) is 5.73 Å². The minimum Gasteiger partial charge on any atom is -0.382 e. The number of aromatic nitrogens is 7. The molecular formula is C28H31N11O. The molecule has 4 heterocycles. The summed E-state index contributed by atoms with van der Waals surface area (Å²) in [6.45, 7) is 3.16. The van der Waals surface area contributed by atoms with Gasteiger partial charge in [-0.2, -0.15) is 0 Å². The van der Waals surface area contributed by atoms with E-state index in [0.29, 0.717) is 36.6 Å². The summed E-state index contributed by atoms with van der Waals surface area (Å²) in [5.74, 6) is 0.325. The Morgan fingerprint density at radius 2 is 1.55 bits per heavy atom. The summed E-state index contributed by atoms with van der Waals surface area (Å²) < 4.78 is 3.84. The molecule has 1 saturated heterocycles. The zero-order chi connectivity index (χ0) is 27.5. The van der Waals surface area contributed by atoms with Gasteiger partial charge in [-0.1, -0.05) is 65.9 Å². The number of rotatable bonds is 8. The van der Waals surface area contributed by atoms with Gasteiger partial charge in [0, 0.05) is 26.2 Å². The van der Waals surface area contributed by atoms with Crippen LogP contribution in [0.1, 0.15) is 28.9 Å². The summed E-state index contributed by atoms with van der Waals surface area (Å²) in [6, 6.07) is 20.6. The number of amides is 1. The van der Waals surface area contributed by atoms with Gasteiger partial charge in [-0.3, -0.25) is 9.69 Å².